The van der Waals surface area contributed by atoms with E-state index in [-0.39, 0.29) is 24.9 Å². The van der Waals surface area contributed by atoms with Crippen LogP contribution in [-0.4, -0.2) is 46.9 Å². The van der Waals surface area contributed by atoms with Gasteiger partial charge in [-0.1, -0.05) is 254 Å². The Morgan fingerprint density at radius 3 is 1.36 bits per heavy atom. The van der Waals surface area contributed by atoms with Crippen LogP contribution in [0.15, 0.2) is 85.1 Å². The second-order valence-electron chi connectivity index (χ2n) is 18.0. The molecule has 0 saturated carbocycles. The molecular weight excluding hydrogens is 791 g/mol. The number of hydrogen-bond donors (Lipinski definition) is 3. The summed E-state index contributed by atoms with van der Waals surface area (Å²) >= 11 is 0. The van der Waals surface area contributed by atoms with E-state index in [2.05, 4.69) is 50.4 Å². The highest BCUT2D eigenvalue weighted by atomic mass is 16.5. The number of unbranched alkanes of at least 4 members (excludes halogenated alkanes) is 26. The average molecular weight is 892 g/mol. The molecule has 0 aliphatic rings. The number of allylic oxidation sites excluding steroid dienone is 14. The molecule has 368 valence electrons. The summed E-state index contributed by atoms with van der Waals surface area (Å²) in [5.74, 6) is -0.555. The minimum atomic E-state index is -0.812. The predicted molar refractivity (Wildman–Crippen MR) is 278 cm³/mol. The first-order valence-electron chi connectivity index (χ1n) is 26.9. The molecule has 0 aromatic heterocycles. The number of aliphatic hydroxyl groups is 2. The van der Waals surface area contributed by atoms with Crippen molar-refractivity contribution in [2.45, 2.75) is 264 Å². The average Bonchev–Trinajstić information content (AvgIpc) is 3.29. The first kappa shape index (κ1) is 61.0. The van der Waals surface area contributed by atoms with E-state index in [1.54, 1.807) is 0 Å². The molecule has 3 N–H and O–H groups in total. The second-order valence-corrected chi connectivity index (χ2v) is 18.0. The van der Waals surface area contributed by atoms with Gasteiger partial charge in [-0.2, -0.15) is 0 Å². The van der Waals surface area contributed by atoms with Gasteiger partial charge in [0.2, 0.25) is 5.91 Å². The van der Waals surface area contributed by atoms with Gasteiger partial charge in [-0.05, 0) is 64.2 Å². The lowest BCUT2D eigenvalue weighted by molar-refractivity contribution is -0.151. The molecule has 3 atom stereocenters. The van der Waals surface area contributed by atoms with E-state index in [1.807, 2.05) is 60.8 Å². The molecule has 3 unspecified atom stereocenters. The molecular formula is C58H101NO5. The van der Waals surface area contributed by atoms with Gasteiger partial charge in [-0.3, -0.25) is 9.59 Å². The van der Waals surface area contributed by atoms with Gasteiger partial charge in [0.1, 0.15) is 6.10 Å². The van der Waals surface area contributed by atoms with Crippen molar-refractivity contribution in [2.24, 2.45) is 0 Å². The Labute approximate surface area is 395 Å². The number of ether oxygens (including phenoxy) is 1. The van der Waals surface area contributed by atoms with Crippen LogP contribution in [0, 0.1) is 0 Å². The first-order valence-corrected chi connectivity index (χ1v) is 26.9. The lowest BCUT2D eigenvalue weighted by atomic mass is 10.0. The van der Waals surface area contributed by atoms with E-state index < -0.39 is 18.2 Å². The van der Waals surface area contributed by atoms with Crippen LogP contribution < -0.4 is 5.32 Å². The maximum atomic E-state index is 13.2. The van der Waals surface area contributed by atoms with Crippen LogP contribution in [0.2, 0.25) is 0 Å². The van der Waals surface area contributed by atoms with Crippen molar-refractivity contribution >= 4 is 11.9 Å². The molecule has 0 bridgehead atoms. The van der Waals surface area contributed by atoms with Crippen molar-refractivity contribution in [3.63, 3.8) is 0 Å². The summed E-state index contributed by atoms with van der Waals surface area (Å²) in [6, 6.07) is -0.731. The molecule has 0 aromatic carbocycles. The van der Waals surface area contributed by atoms with Gasteiger partial charge in [0, 0.05) is 6.42 Å². The predicted octanol–water partition coefficient (Wildman–Crippen LogP) is 16.3. The SMILES string of the molecule is CC\C=C/C=C/C=C/C=C\C=C\C=C\CCCC(CC(=O)NC(CO)C(O)CCCCCCCCCCCCCCCCC)OC(=O)CCCCCCCCC/C=C\CCCCCC. The van der Waals surface area contributed by atoms with Gasteiger partial charge in [-0.25, -0.2) is 0 Å². The molecule has 0 saturated heterocycles. The highest BCUT2D eigenvalue weighted by Gasteiger charge is 2.24. The third kappa shape index (κ3) is 45.6. The zero-order valence-electron chi connectivity index (χ0n) is 41.9. The number of amides is 1. The summed E-state index contributed by atoms with van der Waals surface area (Å²) in [6.45, 7) is 6.31. The number of aliphatic hydroxyl groups excluding tert-OH is 2. The van der Waals surface area contributed by atoms with Gasteiger partial charge >= 0.3 is 5.97 Å². The Kier molecular flexibility index (Phi) is 48.7. The largest absolute Gasteiger partial charge is 0.462 e. The minimum Gasteiger partial charge on any atom is -0.462 e. The number of hydrogen-bond acceptors (Lipinski definition) is 5. The fourth-order valence-corrected chi connectivity index (χ4v) is 7.82. The van der Waals surface area contributed by atoms with Crippen LogP contribution in [0.25, 0.3) is 0 Å². The molecule has 0 fully saturated rings. The Balaban J connectivity index is 4.70. The summed E-state index contributed by atoms with van der Waals surface area (Å²) < 4.78 is 5.90. The molecule has 0 rings (SSSR count). The standard InChI is InChI=1S/C58H101NO5/c1-4-7-10-13-16-19-22-25-28-31-34-37-40-43-46-49-54(64-58(63)51-48-45-42-39-36-33-30-27-24-21-18-15-12-9-6-3)52-57(62)59-55(53-60)56(61)50-47-44-41-38-35-32-29-26-23-20-17-14-11-8-5-2/h7,10,13,16,19,21-22,24-25,28,31,34,37,40,54-56,60-61H,4-6,8-9,11-12,14-15,17-18,20,23,26-27,29-30,32-33,35-36,38-39,41-53H2,1-3H3,(H,59,62)/b10-7-,16-13+,22-19+,24-21-,28-25-,34-31+,40-37+. The van der Waals surface area contributed by atoms with Crippen LogP contribution in [0.1, 0.15) is 245 Å². The van der Waals surface area contributed by atoms with Crippen LogP contribution in [-0.2, 0) is 14.3 Å². The maximum absolute atomic E-state index is 13.2. The summed E-state index contributed by atoms with van der Waals surface area (Å²) in [7, 11) is 0. The number of esters is 1. The fraction of sp³-hybridized carbons (Fsp3) is 0.724. The summed E-state index contributed by atoms with van der Waals surface area (Å²) in [5.41, 5.74) is 0. The van der Waals surface area contributed by atoms with Gasteiger partial charge in [-0.15, -0.1) is 0 Å². The van der Waals surface area contributed by atoms with E-state index in [9.17, 15) is 19.8 Å². The molecule has 0 aliphatic heterocycles. The lowest BCUT2D eigenvalue weighted by Gasteiger charge is -2.24. The topological polar surface area (TPSA) is 95.9 Å². The Morgan fingerprint density at radius 2 is 0.875 bits per heavy atom. The van der Waals surface area contributed by atoms with Gasteiger partial charge in [0.15, 0.2) is 0 Å². The van der Waals surface area contributed by atoms with Crippen molar-refractivity contribution in [1.29, 1.82) is 0 Å². The molecule has 6 heteroatoms. The third-order valence-corrected chi connectivity index (χ3v) is 11.9. The van der Waals surface area contributed by atoms with E-state index in [1.165, 1.54) is 141 Å². The quantitative estimate of drug-likeness (QED) is 0.0245. The monoisotopic (exact) mass is 892 g/mol. The molecule has 6 nitrogen and oxygen atoms in total. The normalized spacial score (nSPS) is 13.9. The number of carbonyl (C=O) groups excluding carboxylic acids is 2. The van der Waals surface area contributed by atoms with Crippen molar-refractivity contribution < 1.29 is 24.5 Å². The van der Waals surface area contributed by atoms with Crippen LogP contribution in [0.5, 0.6) is 0 Å². The van der Waals surface area contributed by atoms with Crippen molar-refractivity contribution in [3.8, 4) is 0 Å². The smallest absolute Gasteiger partial charge is 0.306 e. The zero-order chi connectivity index (χ0) is 46.7. The second kappa shape index (κ2) is 51.0. The van der Waals surface area contributed by atoms with Gasteiger partial charge in [0.25, 0.3) is 0 Å². The Bertz CT molecular complexity index is 1230. The molecule has 1 amide bonds. The molecule has 0 aromatic rings. The van der Waals surface area contributed by atoms with Crippen molar-refractivity contribution in [1.82, 2.24) is 5.32 Å². The number of carbonyl (C=O) groups is 2. The summed E-state index contributed by atoms with van der Waals surface area (Å²) in [4.78, 5) is 26.2. The lowest BCUT2D eigenvalue weighted by Crippen LogP contribution is -2.46. The van der Waals surface area contributed by atoms with Crippen LogP contribution in [0.3, 0.4) is 0 Å². The highest BCUT2D eigenvalue weighted by Crippen LogP contribution is 2.17. The zero-order valence-corrected chi connectivity index (χ0v) is 41.9. The molecule has 0 radical (unpaired) electrons. The molecule has 0 spiro atoms. The van der Waals surface area contributed by atoms with E-state index >= 15 is 0 Å². The Morgan fingerprint density at radius 1 is 0.469 bits per heavy atom. The molecule has 0 heterocycles. The molecule has 0 aliphatic carbocycles. The Hall–Kier alpha value is -2.96. The van der Waals surface area contributed by atoms with Gasteiger partial charge < -0.3 is 20.3 Å². The number of nitrogens with one attached hydrogen (secondary N) is 1. The van der Waals surface area contributed by atoms with Gasteiger partial charge in [0.05, 0.1) is 25.2 Å². The number of rotatable bonds is 47. The van der Waals surface area contributed by atoms with Crippen LogP contribution >= 0.6 is 0 Å². The van der Waals surface area contributed by atoms with E-state index in [0.717, 1.165) is 57.8 Å². The fourth-order valence-electron chi connectivity index (χ4n) is 7.82. The van der Waals surface area contributed by atoms with Crippen LogP contribution in [0.4, 0.5) is 0 Å². The van der Waals surface area contributed by atoms with Crippen molar-refractivity contribution in [3.05, 3.63) is 85.1 Å². The van der Waals surface area contributed by atoms with Crippen molar-refractivity contribution in [2.75, 3.05) is 6.61 Å². The minimum absolute atomic E-state index is 0.0218. The highest BCUT2D eigenvalue weighted by molar-refractivity contribution is 5.77. The maximum Gasteiger partial charge on any atom is 0.306 e. The van der Waals surface area contributed by atoms with E-state index in [0.29, 0.717) is 19.3 Å². The third-order valence-electron chi connectivity index (χ3n) is 11.9. The summed E-state index contributed by atoms with van der Waals surface area (Å²) in [6.07, 6.45) is 66.4. The summed E-state index contributed by atoms with van der Waals surface area (Å²) in [5, 5.41) is 23.8. The first-order chi connectivity index (χ1) is 31.5. The molecule has 64 heavy (non-hydrogen) atoms. The van der Waals surface area contributed by atoms with E-state index in [4.69, 9.17) is 4.74 Å².